The lowest BCUT2D eigenvalue weighted by atomic mass is 9.87. The van der Waals surface area contributed by atoms with Gasteiger partial charge in [-0.15, -0.1) is 0 Å². The Labute approximate surface area is 196 Å². The van der Waals surface area contributed by atoms with Crippen molar-refractivity contribution in [2.45, 2.75) is 57.8 Å². The first-order chi connectivity index (χ1) is 16.2. The zero-order valence-electron chi connectivity index (χ0n) is 19.4. The minimum atomic E-state index is 0.313. The van der Waals surface area contributed by atoms with E-state index in [4.69, 9.17) is 9.97 Å². The third-order valence-electron chi connectivity index (χ3n) is 7.35. The van der Waals surface area contributed by atoms with Gasteiger partial charge in [0.2, 0.25) is 5.91 Å². The number of benzene rings is 1. The number of piperidine rings is 1. The molecule has 1 saturated carbocycles. The van der Waals surface area contributed by atoms with E-state index >= 15 is 0 Å². The second-order valence-electron chi connectivity index (χ2n) is 9.56. The van der Waals surface area contributed by atoms with Gasteiger partial charge in [-0.25, -0.2) is 9.97 Å². The number of rotatable bonds is 5. The van der Waals surface area contributed by atoms with E-state index in [9.17, 15) is 4.79 Å². The van der Waals surface area contributed by atoms with Crippen LogP contribution in [0.2, 0.25) is 0 Å². The van der Waals surface area contributed by atoms with Gasteiger partial charge in [0.05, 0.1) is 5.69 Å². The van der Waals surface area contributed by atoms with Crippen LogP contribution in [0.15, 0.2) is 55.0 Å². The highest BCUT2D eigenvalue weighted by molar-refractivity contribution is 5.76. The Morgan fingerprint density at radius 1 is 0.970 bits per heavy atom. The Morgan fingerprint density at radius 3 is 2.48 bits per heavy atom. The molecule has 2 fully saturated rings. The van der Waals surface area contributed by atoms with E-state index in [2.05, 4.69) is 41.1 Å². The van der Waals surface area contributed by atoms with E-state index in [1.165, 1.54) is 36.8 Å². The molecule has 1 amide bonds. The van der Waals surface area contributed by atoms with Crippen LogP contribution in [0.25, 0.3) is 22.5 Å². The summed E-state index contributed by atoms with van der Waals surface area (Å²) in [6.45, 7) is 3.77. The van der Waals surface area contributed by atoms with Gasteiger partial charge in [0, 0.05) is 55.1 Å². The molecule has 0 unspecified atom stereocenters. The SMILES string of the molecule is Cc1ccccc1-c1cnc(-c2cccnc2)nc1C1CCN(C(=O)CC2CCCC2)CC1. The number of carbonyl (C=O) groups excluding carboxylic acids is 1. The number of aryl methyl sites for hydroxylation is 1. The number of hydrogen-bond donors (Lipinski definition) is 0. The second kappa shape index (κ2) is 9.82. The first kappa shape index (κ1) is 21.7. The third kappa shape index (κ3) is 4.82. The Morgan fingerprint density at radius 2 is 1.76 bits per heavy atom. The van der Waals surface area contributed by atoms with Gasteiger partial charge < -0.3 is 4.90 Å². The average molecular weight is 441 g/mol. The predicted molar refractivity (Wildman–Crippen MR) is 131 cm³/mol. The van der Waals surface area contributed by atoms with Crippen LogP contribution in [0.4, 0.5) is 0 Å². The van der Waals surface area contributed by atoms with Crippen LogP contribution >= 0.6 is 0 Å². The number of carbonyl (C=O) groups is 1. The van der Waals surface area contributed by atoms with E-state index in [-0.39, 0.29) is 0 Å². The van der Waals surface area contributed by atoms with E-state index < -0.39 is 0 Å². The van der Waals surface area contributed by atoms with Crippen LogP contribution in [-0.4, -0.2) is 38.8 Å². The number of pyridine rings is 1. The van der Waals surface area contributed by atoms with Crippen LogP contribution in [0.5, 0.6) is 0 Å². The van der Waals surface area contributed by atoms with Gasteiger partial charge in [-0.05, 0) is 61.8 Å². The quantitative estimate of drug-likeness (QED) is 0.503. The molecule has 1 saturated heterocycles. The lowest BCUT2D eigenvalue weighted by molar-refractivity contribution is -0.133. The van der Waals surface area contributed by atoms with Crippen LogP contribution in [0.1, 0.15) is 62.1 Å². The molecule has 0 radical (unpaired) electrons. The molecule has 2 aliphatic rings. The molecule has 3 aromatic rings. The van der Waals surface area contributed by atoms with E-state index in [0.29, 0.717) is 17.7 Å². The monoisotopic (exact) mass is 440 g/mol. The average Bonchev–Trinajstić information content (AvgIpc) is 3.38. The van der Waals surface area contributed by atoms with E-state index in [0.717, 1.165) is 55.0 Å². The molecular formula is C28H32N4O. The molecule has 0 N–H and O–H groups in total. The first-order valence-electron chi connectivity index (χ1n) is 12.3. The van der Waals surface area contributed by atoms with Crippen LogP contribution in [-0.2, 0) is 4.79 Å². The highest BCUT2D eigenvalue weighted by Gasteiger charge is 2.29. The minimum absolute atomic E-state index is 0.313. The van der Waals surface area contributed by atoms with Crippen molar-refractivity contribution < 1.29 is 4.79 Å². The third-order valence-corrected chi connectivity index (χ3v) is 7.35. The molecule has 5 rings (SSSR count). The molecule has 33 heavy (non-hydrogen) atoms. The molecular weight excluding hydrogens is 408 g/mol. The summed E-state index contributed by atoms with van der Waals surface area (Å²) in [4.78, 5) is 29.0. The fourth-order valence-corrected chi connectivity index (χ4v) is 5.42. The van der Waals surface area contributed by atoms with Gasteiger partial charge in [-0.3, -0.25) is 9.78 Å². The summed E-state index contributed by atoms with van der Waals surface area (Å²) in [5.74, 6) is 1.98. The van der Waals surface area contributed by atoms with Crippen molar-refractivity contribution in [2.75, 3.05) is 13.1 Å². The molecule has 0 spiro atoms. The van der Waals surface area contributed by atoms with Gasteiger partial charge in [0.15, 0.2) is 5.82 Å². The fourth-order valence-electron chi connectivity index (χ4n) is 5.42. The van der Waals surface area contributed by atoms with Crippen LogP contribution in [0.3, 0.4) is 0 Å². The summed E-state index contributed by atoms with van der Waals surface area (Å²) in [6, 6.07) is 12.4. The van der Waals surface area contributed by atoms with Gasteiger partial charge in [0.1, 0.15) is 0 Å². The van der Waals surface area contributed by atoms with Crippen molar-refractivity contribution in [1.82, 2.24) is 19.9 Å². The molecule has 1 aliphatic heterocycles. The van der Waals surface area contributed by atoms with Gasteiger partial charge in [0.25, 0.3) is 0 Å². The molecule has 5 heteroatoms. The molecule has 1 aliphatic carbocycles. The van der Waals surface area contributed by atoms with Gasteiger partial charge in [-0.2, -0.15) is 0 Å². The highest BCUT2D eigenvalue weighted by atomic mass is 16.2. The Bertz CT molecular complexity index is 1100. The Hall–Kier alpha value is -3.08. The molecule has 5 nitrogen and oxygen atoms in total. The van der Waals surface area contributed by atoms with Crippen molar-refractivity contribution in [2.24, 2.45) is 5.92 Å². The van der Waals surface area contributed by atoms with Crippen molar-refractivity contribution in [3.63, 3.8) is 0 Å². The topological polar surface area (TPSA) is 59.0 Å². The molecule has 1 aromatic carbocycles. The first-order valence-corrected chi connectivity index (χ1v) is 12.3. The Kier molecular flexibility index (Phi) is 6.47. The zero-order valence-corrected chi connectivity index (χ0v) is 19.4. The standard InChI is InChI=1S/C28H32N4O/c1-20-7-2-5-11-24(20)25-19-30-28(23-10-6-14-29-18-23)31-27(25)22-12-15-32(16-13-22)26(33)17-21-8-3-4-9-21/h2,5-7,10-11,14,18-19,21-22H,3-4,8-9,12-13,15-17H2,1H3. The van der Waals surface area contributed by atoms with Crippen molar-refractivity contribution in [1.29, 1.82) is 0 Å². The summed E-state index contributed by atoms with van der Waals surface area (Å²) in [7, 11) is 0. The summed E-state index contributed by atoms with van der Waals surface area (Å²) >= 11 is 0. The zero-order chi connectivity index (χ0) is 22.6. The predicted octanol–water partition coefficient (Wildman–Crippen LogP) is 5.80. The summed E-state index contributed by atoms with van der Waals surface area (Å²) in [5, 5.41) is 0. The highest BCUT2D eigenvalue weighted by Crippen LogP contribution is 2.36. The number of hydrogen-bond acceptors (Lipinski definition) is 4. The largest absolute Gasteiger partial charge is 0.343 e. The second-order valence-corrected chi connectivity index (χ2v) is 9.56. The summed E-state index contributed by atoms with van der Waals surface area (Å²) in [6.07, 6.45) is 13.2. The molecule has 2 aromatic heterocycles. The molecule has 170 valence electrons. The van der Waals surface area contributed by atoms with E-state index in [1.807, 2.05) is 24.5 Å². The number of amides is 1. The van der Waals surface area contributed by atoms with Crippen molar-refractivity contribution in [3.8, 4) is 22.5 Å². The molecule has 0 atom stereocenters. The summed E-state index contributed by atoms with van der Waals surface area (Å²) < 4.78 is 0. The smallest absolute Gasteiger partial charge is 0.222 e. The normalized spacial score (nSPS) is 17.4. The minimum Gasteiger partial charge on any atom is -0.343 e. The lowest BCUT2D eigenvalue weighted by Gasteiger charge is -2.33. The van der Waals surface area contributed by atoms with Gasteiger partial charge >= 0.3 is 0 Å². The molecule has 0 bridgehead atoms. The molecule has 3 heterocycles. The number of nitrogens with zero attached hydrogens (tertiary/aromatic N) is 4. The van der Waals surface area contributed by atoms with Crippen molar-refractivity contribution >= 4 is 5.91 Å². The maximum atomic E-state index is 12.9. The van der Waals surface area contributed by atoms with Crippen LogP contribution < -0.4 is 0 Å². The van der Waals surface area contributed by atoms with Gasteiger partial charge in [-0.1, -0.05) is 37.1 Å². The maximum Gasteiger partial charge on any atom is 0.222 e. The number of likely N-dealkylation sites (tertiary alicyclic amines) is 1. The summed E-state index contributed by atoms with van der Waals surface area (Å²) in [5.41, 5.74) is 5.54. The number of aromatic nitrogens is 3. The fraction of sp³-hybridized carbons (Fsp3) is 0.429. The van der Waals surface area contributed by atoms with E-state index in [1.54, 1.807) is 6.20 Å². The Balaban J connectivity index is 1.40. The lowest BCUT2D eigenvalue weighted by Crippen LogP contribution is -2.38. The van der Waals surface area contributed by atoms with Crippen molar-refractivity contribution in [3.05, 3.63) is 66.2 Å². The maximum absolute atomic E-state index is 12.9. The van der Waals surface area contributed by atoms with Crippen LogP contribution in [0, 0.1) is 12.8 Å².